The largest absolute Gasteiger partial charge is 0.469 e. The molecule has 0 bridgehead atoms. The maximum Gasteiger partial charge on any atom is 0.282 e. The van der Waals surface area contributed by atoms with Crippen LogP contribution in [0.25, 0.3) is 28.0 Å². The van der Waals surface area contributed by atoms with Crippen LogP contribution in [0.4, 0.5) is 5.82 Å². The highest BCUT2D eigenvalue weighted by molar-refractivity contribution is 5.82. The Kier molecular flexibility index (Phi) is 9.22. The Labute approximate surface area is 257 Å². The summed E-state index contributed by atoms with van der Waals surface area (Å²) in [7, 11) is 1.45. The quantitative estimate of drug-likeness (QED) is 0.190. The number of carbonyl (C=O) groups is 1. The van der Waals surface area contributed by atoms with Gasteiger partial charge in [-0.15, -0.1) is 0 Å². The van der Waals surface area contributed by atoms with E-state index < -0.39 is 0 Å². The number of nitrogen functional groups attached to an aromatic ring is 1. The summed E-state index contributed by atoms with van der Waals surface area (Å²) < 4.78 is 6.69. The number of hydrogen-bond donors (Lipinski definition) is 3. The van der Waals surface area contributed by atoms with Gasteiger partial charge >= 0.3 is 0 Å². The number of nitrogens with one attached hydrogen (secondary N) is 1. The van der Waals surface area contributed by atoms with Crippen LogP contribution in [0.5, 0.6) is 0 Å². The van der Waals surface area contributed by atoms with Gasteiger partial charge in [0, 0.05) is 46.5 Å². The van der Waals surface area contributed by atoms with E-state index in [-0.39, 0.29) is 36.5 Å². The fourth-order valence-electron chi connectivity index (χ4n) is 6.31. The van der Waals surface area contributed by atoms with E-state index in [9.17, 15) is 4.79 Å². The lowest BCUT2D eigenvalue weighted by Gasteiger charge is -2.30. The van der Waals surface area contributed by atoms with Crippen molar-refractivity contribution in [1.82, 2.24) is 24.5 Å². The second kappa shape index (κ2) is 13.2. The molecular weight excluding hydrogens is 554 g/mol. The van der Waals surface area contributed by atoms with Crippen LogP contribution in [-0.2, 0) is 9.53 Å². The monoisotopic (exact) mass is 595 g/mol. The maximum absolute atomic E-state index is 13.2. The third kappa shape index (κ3) is 6.13. The Balaban J connectivity index is 0.00000188. The van der Waals surface area contributed by atoms with E-state index in [0.29, 0.717) is 11.7 Å². The molecule has 2 aliphatic rings. The molecule has 5 N–H and O–H groups in total. The molecule has 6 rings (SSSR count). The van der Waals surface area contributed by atoms with Crippen molar-refractivity contribution in [2.45, 2.75) is 69.9 Å². The molecule has 2 fully saturated rings. The number of pyridine rings is 1. The van der Waals surface area contributed by atoms with Crippen molar-refractivity contribution in [3.05, 3.63) is 66.1 Å². The van der Waals surface area contributed by atoms with Gasteiger partial charge in [-0.2, -0.15) is 9.61 Å². The van der Waals surface area contributed by atoms with Crippen LogP contribution in [0.15, 0.2) is 59.9 Å². The zero-order valence-corrected chi connectivity index (χ0v) is 25.6. The first kappa shape index (κ1) is 30.7. The number of methoxy groups -OCH3 is 1. The summed E-state index contributed by atoms with van der Waals surface area (Å²) in [5, 5.41) is 10.2. The van der Waals surface area contributed by atoms with E-state index >= 15 is 0 Å². The lowest BCUT2D eigenvalue weighted by atomic mass is 9.92. The van der Waals surface area contributed by atoms with Crippen LogP contribution in [0.3, 0.4) is 0 Å². The van der Waals surface area contributed by atoms with Gasteiger partial charge in [0.25, 0.3) is 6.02 Å². The van der Waals surface area contributed by atoms with Gasteiger partial charge in [0.15, 0.2) is 5.65 Å². The highest BCUT2D eigenvalue weighted by Gasteiger charge is 2.38. The molecule has 1 aromatic carbocycles. The van der Waals surface area contributed by atoms with E-state index in [1.807, 2.05) is 41.6 Å². The van der Waals surface area contributed by atoms with Gasteiger partial charge < -0.3 is 26.5 Å². The van der Waals surface area contributed by atoms with Crippen LogP contribution in [0, 0.1) is 5.41 Å². The number of anilines is 1. The van der Waals surface area contributed by atoms with Crippen molar-refractivity contribution in [2.75, 3.05) is 19.4 Å². The fraction of sp³-hybridized carbons (Fsp3) is 0.394. The van der Waals surface area contributed by atoms with E-state index in [2.05, 4.69) is 48.9 Å². The van der Waals surface area contributed by atoms with Crippen molar-refractivity contribution in [3.63, 3.8) is 0 Å². The Bertz CT molecular complexity index is 1630. The average molecular weight is 596 g/mol. The van der Waals surface area contributed by atoms with Gasteiger partial charge in [-0.05, 0) is 57.7 Å². The summed E-state index contributed by atoms with van der Waals surface area (Å²) in [6.45, 7) is 6.78. The summed E-state index contributed by atoms with van der Waals surface area (Å²) >= 11 is 0. The van der Waals surface area contributed by atoms with Gasteiger partial charge in [-0.3, -0.25) is 9.78 Å². The molecule has 3 atom stereocenters. The summed E-state index contributed by atoms with van der Waals surface area (Å²) in [4.78, 5) is 29.2. The molecule has 1 saturated carbocycles. The normalized spacial score (nSPS) is 19.0. The molecule has 1 aliphatic carbocycles. The van der Waals surface area contributed by atoms with E-state index in [1.54, 1.807) is 4.52 Å². The summed E-state index contributed by atoms with van der Waals surface area (Å²) in [6, 6.07) is 14.5. The minimum absolute atomic E-state index is 0.0173. The predicted octanol–water partition coefficient (Wildman–Crippen LogP) is 5.02. The molecule has 3 unspecified atom stereocenters. The summed E-state index contributed by atoms with van der Waals surface area (Å²) in [5.41, 5.74) is 19.1. The Morgan fingerprint density at radius 1 is 1.11 bits per heavy atom. The van der Waals surface area contributed by atoms with Crippen molar-refractivity contribution in [1.29, 1.82) is 5.41 Å². The molecule has 1 saturated heterocycles. The Hall–Kier alpha value is -4.80. The third-order valence-corrected chi connectivity index (χ3v) is 8.63. The molecule has 11 nitrogen and oxygen atoms in total. The number of benzene rings is 1. The lowest BCUT2D eigenvalue weighted by Crippen LogP contribution is -2.42. The molecule has 1 amide bonds. The molecule has 1 aliphatic heterocycles. The smallest absolute Gasteiger partial charge is 0.282 e. The molecule has 3 aromatic heterocycles. The third-order valence-electron chi connectivity index (χ3n) is 8.63. The fourth-order valence-corrected chi connectivity index (χ4v) is 6.31. The number of ether oxygens (including phenoxy) is 1. The highest BCUT2D eigenvalue weighted by Crippen LogP contribution is 2.47. The van der Waals surface area contributed by atoms with Crippen molar-refractivity contribution >= 4 is 30.1 Å². The summed E-state index contributed by atoms with van der Waals surface area (Å²) in [5.74, 6) is 1.10. The topological polar surface area (TPSA) is 161 Å². The molecule has 230 valence electrons. The number of amides is 1. The molecular formula is C33H41N9O2. The van der Waals surface area contributed by atoms with Crippen LogP contribution < -0.4 is 11.5 Å². The van der Waals surface area contributed by atoms with E-state index in [0.717, 1.165) is 71.4 Å². The van der Waals surface area contributed by atoms with Crippen molar-refractivity contribution in [3.8, 4) is 22.4 Å². The number of likely N-dealkylation sites (tertiary alicyclic amines) is 1. The van der Waals surface area contributed by atoms with Crippen LogP contribution in [0.1, 0.15) is 69.0 Å². The van der Waals surface area contributed by atoms with Gasteiger partial charge in [-0.1, -0.05) is 43.3 Å². The number of nitrogens with two attached hydrogens (primary N) is 2. The number of rotatable bonds is 8. The molecule has 11 heteroatoms. The molecule has 4 heterocycles. The minimum Gasteiger partial charge on any atom is -0.469 e. The van der Waals surface area contributed by atoms with Gasteiger partial charge in [0.05, 0.1) is 24.7 Å². The van der Waals surface area contributed by atoms with Crippen LogP contribution in [-0.4, -0.2) is 68.9 Å². The van der Waals surface area contributed by atoms with Crippen LogP contribution in [0.2, 0.25) is 0 Å². The second-order valence-electron chi connectivity index (χ2n) is 11.5. The number of hydrogen-bond acceptors (Lipinski definition) is 8. The van der Waals surface area contributed by atoms with Crippen molar-refractivity contribution < 1.29 is 9.53 Å². The molecule has 0 radical (unpaired) electrons. The standard InChI is InChI=1S/C32H38N8O2.CH3N/c1-19(15-24-13-9-20(2)39(24)27(41)18-36-32(34)42-3)29-28(22-10-11-22)30(33)40-31(38-29)25(17-37-40)23-12-14-26(35-16-23)21-7-5-4-6-8-21;1-2/h4-8,12,14,16-17,19-20,22,24H,9-11,13,15,18,33H2,1-3H3,(H2,34,36);2H,1H2. The molecule has 4 aromatic rings. The zero-order valence-electron chi connectivity index (χ0n) is 25.6. The number of amidine groups is 1. The van der Waals surface area contributed by atoms with Crippen molar-refractivity contribution in [2.24, 2.45) is 10.7 Å². The average Bonchev–Trinajstić information content (AvgIpc) is 3.70. The highest BCUT2D eigenvalue weighted by atomic mass is 16.5. The Morgan fingerprint density at radius 3 is 2.52 bits per heavy atom. The Morgan fingerprint density at radius 2 is 1.86 bits per heavy atom. The van der Waals surface area contributed by atoms with E-state index in [1.165, 1.54) is 7.11 Å². The SMILES string of the molecule is C=N.COC(N)=NCC(=O)N1C(C)CCC1CC(C)c1nc2c(-c3ccc(-c4ccccc4)nc3)cnn2c(N)c1C1CC1. The minimum atomic E-state index is -0.0351. The number of carbonyl (C=O) groups excluding carboxylic acids is 1. The lowest BCUT2D eigenvalue weighted by molar-refractivity contribution is -0.132. The molecule has 0 spiro atoms. The first-order valence-corrected chi connectivity index (χ1v) is 15.0. The number of aromatic nitrogens is 4. The molecule has 44 heavy (non-hydrogen) atoms. The maximum atomic E-state index is 13.2. The van der Waals surface area contributed by atoms with E-state index in [4.69, 9.17) is 31.6 Å². The number of aliphatic imine (C=N–C) groups is 1. The van der Waals surface area contributed by atoms with Crippen LogP contribution >= 0.6 is 0 Å². The van der Waals surface area contributed by atoms with Gasteiger partial charge in [0.2, 0.25) is 5.91 Å². The first-order valence-electron chi connectivity index (χ1n) is 15.0. The van der Waals surface area contributed by atoms with Gasteiger partial charge in [-0.25, -0.2) is 9.98 Å². The first-order chi connectivity index (χ1) is 21.4. The number of fused-ring (bicyclic) bond motifs is 1. The second-order valence-corrected chi connectivity index (χ2v) is 11.5. The van der Waals surface area contributed by atoms with Gasteiger partial charge in [0.1, 0.15) is 12.4 Å². The zero-order chi connectivity index (χ0) is 31.4. The predicted molar refractivity (Wildman–Crippen MR) is 174 cm³/mol. The number of nitrogens with zero attached hydrogens (tertiary/aromatic N) is 6. The summed E-state index contributed by atoms with van der Waals surface area (Å²) in [6.07, 6.45) is 8.58.